The maximum atomic E-state index is 6.01. The van der Waals surface area contributed by atoms with Crippen LogP contribution in [0.1, 0.15) is 69.2 Å². The van der Waals surface area contributed by atoms with Gasteiger partial charge >= 0.3 is 0 Å². The van der Waals surface area contributed by atoms with Crippen LogP contribution in [-0.4, -0.2) is 6.61 Å². The average molecular weight is 249 g/mol. The number of aryl methyl sites for hydroxylation is 1. The molecular weight excluding hydrogens is 222 g/mol. The summed E-state index contributed by atoms with van der Waals surface area (Å²) in [6.07, 6.45) is 2.26. The monoisotopic (exact) mass is 249 g/mol. The molecule has 2 heteroatoms. The van der Waals surface area contributed by atoms with Crippen molar-refractivity contribution < 1.29 is 4.74 Å². The van der Waals surface area contributed by atoms with Crippen molar-refractivity contribution in [2.75, 3.05) is 6.61 Å². The van der Waals surface area contributed by atoms with Gasteiger partial charge in [-0.25, -0.2) is 0 Å². The van der Waals surface area contributed by atoms with Gasteiger partial charge in [-0.2, -0.15) is 0 Å². The van der Waals surface area contributed by atoms with Crippen molar-refractivity contribution >= 4 is 0 Å². The molecule has 0 radical (unpaired) electrons. The SMILES string of the molecule is CCCCOc1cc(C)c(C(C)N)cc1C(C)C. The summed E-state index contributed by atoms with van der Waals surface area (Å²) in [4.78, 5) is 0. The Morgan fingerprint density at radius 1 is 1.17 bits per heavy atom. The molecule has 0 heterocycles. The molecule has 1 aromatic rings. The van der Waals surface area contributed by atoms with Crippen molar-refractivity contribution in [2.45, 2.75) is 59.4 Å². The van der Waals surface area contributed by atoms with Gasteiger partial charge in [0.2, 0.25) is 0 Å². The van der Waals surface area contributed by atoms with Crippen molar-refractivity contribution in [2.24, 2.45) is 5.73 Å². The fraction of sp³-hybridized carbons (Fsp3) is 0.625. The largest absolute Gasteiger partial charge is 0.493 e. The molecule has 0 aromatic heterocycles. The second-order valence-corrected chi connectivity index (χ2v) is 5.39. The van der Waals surface area contributed by atoms with Crippen LogP contribution >= 0.6 is 0 Å². The molecule has 2 nitrogen and oxygen atoms in total. The summed E-state index contributed by atoms with van der Waals surface area (Å²) in [5, 5.41) is 0. The summed E-state index contributed by atoms with van der Waals surface area (Å²) in [5.41, 5.74) is 9.73. The van der Waals surface area contributed by atoms with E-state index in [2.05, 4.69) is 39.8 Å². The quantitative estimate of drug-likeness (QED) is 0.762. The molecule has 1 rings (SSSR count). The van der Waals surface area contributed by atoms with Gasteiger partial charge in [-0.05, 0) is 48.9 Å². The van der Waals surface area contributed by atoms with Gasteiger partial charge in [-0.3, -0.25) is 0 Å². The summed E-state index contributed by atoms with van der Waals surface area (Å²) in [5.74, 6) is 1.49. The Morgan fingerprint density at radius 2 is 1.83 bits per heavy atom. The fourth-order valence-electron chi connectivity index (χ4n) is 2.11. The predicted molar refractivity (Wildman–Crippen MR) is 78.3 cm³/mol. The van der Waals surface area contributed by atoms with Crippen molar-refractivity contribution in [3.8, 4) is 5.75 Å². The van der Waals surface area contributed by atoms with Crippen molar-refractivity contribution in [3.05, 3.63) is 28.8 Å². The highest BCUT2D eigenvalue weighted by Gasteiger charge is 2.13. The van der Waals surface area contributed by atoms with E-state index in [0.29, 0.717) is 5.92 Å². The molecule has 18 heavy (non-hydrogen) atoms. The first-order chi connectivity index (χ1) is 8.47. The van der Waals surface area contributed by atoms with E-state index in [9.17, 15) is 0 Å². The number of hydrogen-bond acceptors (Lipinski definition) is 2. The molecule has 0 aliphatic carbocycles. The van der Waals surface area contributed by atoms with E-state index in [1.165, 1.54) is 16.7 Å². The Hall–Kier alpha value is -1.02. The minimum absolute atomic E-state index is 0.0761. The van der Waals surface area contributed by atoms with E-state index >= 15 is 0 Å². The van der Waals surface area contributed by atoms with Gasteiger partial charge in [-0.1, -0.05) is 33.3 Å². The molecule has 1 unspecified atom stereocenters. The van der Waals surface area contributed by atoms with Crippen molar-refractivity contribution in [1.29, 1.82) is 0 Å². The zero-order chi connectivity index (χ0) is 13.7. The van der Waals surface area contributed by atoms with E-state index in [1.807, 2.05) is 6.92 Å². The molecule has 0 amide bonds. The molecule has 0 spiro atoms. The molecule has 0 bridgehead atoms. The van der Waals surface area contributed by atoms with Crippen LogP contribution in [0.25, 0.3) is 0 Å². The number of rotatable bonds is 6. The summed E-state index contributed by atoms with van der Waals surface area (Å²) >= 11 is 0. The lowest BCUT2D eigenvalue weighted by Crippen LogP contribution is -2.09. The van der Waals surface area contributed by atoms with Gasteiger partial charge in [0.25, 0.3) is 0 Å². The first kappa shape index (κ1) is 15.0. The van der Waals surface area contributed by atoms with Crippen LogP contribution < -0.4 is 10.5 Å². The van der Waals surface area contributed by atoms with Gasteiger partial charge in [0.15, 0.2) is 0 Å². The van der Waals surface area contributed by atoms with Gasteiger partial charge in [0, 0.05) is 6.04 Å². The molecule has 0 saturated carbocycles. The van der Waals surface area contributed by atoms with Gasteiger partial charge in [0.05, 0.1) is 6.61 Å². The van der Waals surface area contributed by atoms with Gasteiger partial charge in [0.1, 0.15) is 5.75 Å². The van der Waals surface area contributed by atoms with Gasteiger partial charge < -0.3 is 10.5 Å². The molecule has 0 fully saturated rings. The lowest BCUT2D eigenvalue weighted by Gasteiger charge is -2.19. The first-order valence-corrected chi connectivity index (χ1v) is 7.00. The highest BCUT2D eigenvalue weighted by atomic mass is 16.5. The van der Waals surface area contributed by atoms with Crippen LogP contribution in [0.3, 0.4) is 0 Å². The summed E-state index contributed by atoms with van der Waals surface area (Å²) in [7, 11) is 0. The molecule has 0 aliphatic heterocycles. The second-order valence-electron chi connectivity index (χ2n) is 5.39. The van der Waals surface area contributed by atoms with Crippen molar-refractivity contribution in [3.63, 3.8) is 0 Å². The van der Waals surface area contributed by atoms with Crippen LogP contribution in [0.2, 0.25) is 0 Å². The lowest BCUT2D eigenvalue weighted by molar-refractivity contribution is 0.305. The van der Waals surface area contributed by atoms with Crippen LogP contribution in [0.15, 0.2) is 12.1 Å². The predicted octanol–water partition coefficient (Wildman–Crippen LogP) is 4.32. The highest BCUT2D eigenvalue weighted by Crippen LogP contribution is 2.31. The molecule has 1 atom stereocenters. The molecule has 0 aliphatic rings. The van der Waals surface area contributed by atoms with E-state index in [-0.39, 0.29) is 6.04 Å². The number of unbranched alkanes of at least 4 members (excludes halogenated alkanes) is 1. The third kappa shape index (κ3) is 3.74. The Bertz CT molecular complexity index is 383. The van der Waals surface area contributed by atoms with E-state index < -0.39 is 0 Å². The summed E-state index contributed by atoms with van der Waals surface area (Å²) in [6, 6.07) is 4.43. The maximum absolute atomic E-state index is 6.01. The number of ether oxygens (including phenoxy) is 1. The van der Waals surface area contributed by atoms with Crippen LogP contribution in [0.4, 0.5) is 0 Å². The second kappa shape index (κ2) is 6.79. The lowest BCUT2D eigenvalue weighted by atomic mass is 9.94. The Morgan fingerprint density at radius 3 is 2.33 bits per heavy atom. The fourth-order valence-corrected chi connectivity index (χ4v) is 2.11. The third-order valence-corrected chi connectivity index (χ3v) is 3.27. The Balaban J connectivity index is 3.04. The van der Waals surface area contributed by atoms with Crippen molar-refractivity contribution in [1.82, 2.24) is 0 Å². The normalized spacial score (nSPS) is 12.8. The standard InChI is InChI=1S/C16H27NO/c1-6-7-8-18-16-9-12(4)15(13(5)17)10-14(16)11(2)3/h9-11,13H,6-8,17H2,1-5H3. The van der Waals surface area contributed by atoms with Crippen LogP contribution in [0, 0.1) is 6.92 Å². The number of nitrogens with two attached hydrogens (primary N) is 1. The van der Waals surface area contributed by atoms with Crippen LogP contribution in [0.5, 0.6) is 5.75 Å². The van der Waals surface area contributed by atoms with E-state index in [4.69, 9.17) is 10.5 Å². The zero-order valence-electron chi connectivity index (χ0n) is 12.4. The zero-order valence-corrected chi connectivity index (χ0v) is 12.4. The molecule has 102 valence electrons. The first-order valence-electron chi connectivity index (χ1n) is 7.00. The van der Waals surface area contributed by atoms with Gasteiger partial charge in [-0.15, -0.1) is 0 Å². The minimum atomic E-state index is 0.0761. The Labute approximate surface area is 112 Å². The summed E-state index contributed by atoms with van der Waals surface area (Å²) in [6.45, 7) is 11.5. The van der Waals surface area contributed by atoms with E-state index in [0.717, 1.165) is 25.2 Å². The Kier molecular flexibility index (Phi) is 5.67. The minimum Gasteiger partial charge on any atom is -0.493 e. The highest BCUT2D eigenvalue weighted by molar-refractivity contribution is 5.44. The molecule has 2 N–H and O–H groups in total. The summed E-state index contributed by atoms with van der Waals surface area (Å²) < 4.78 is 5.91. The van der Waals surface area contributed by atoms with E-state index in [1.54, 1.807) is 0 Å². The average Bonchev–Trinajstić information content (AvgIpc) is 2.28. The maximum Gasteiger partial charge on any atom is 0.123 e. The topological polar surface area (TPSA) is 35.2 Å². The molecular formula is C16H27NO. The number of hydrogen-bond donors (Lipinski definition) is 1. The number of benzene rings is 1. The molecule has 1 aromatic carbocycles. The van der Waals surface area contributed by atoms with Crippen LogP contribution in [-0.2, 0) is 0 Å². The smallest absolute Gasteiger partial charge is 0.123 e. The third-order valence-electron chi connectivity index (χ3n) is 3.27. The molecule has 0 saturated heterocycles.